The molecule has 84 valence electrons. The van der Waals surface area contributed by atoms with Gasteiger partial charge < -0.3 is 5.32 Å². The smallest absolute Gasteiger partial charge is 0.137 e. The fourth-order valence-electron chi connectivity index (χ4n) is 1.20. The average Bonchev–Trinajstić information content (AvgIpc) is 2.66. The van der Waals surface area contributed by atoms with Crippen molar-refractivity contribution in [3.8, 4) is 0 Å². The second-order valence-corrected chi connectivity index (χ2v) is 4.13. The van der Waals surface area contributed by atoms with Gasteiger partial charge in [-0.05, 0) is 41.1 Å². The molecular formula is C10H9BrFN3O. The molecule has 1 N–H and O–H groups in total. The molecule has 0 aliphatic heterocycles. The second kappa shape index (κ2) is 4.61. The summed E-state index contributed by atoms with van der Waals surface area (Å²) < 4.78 is 18.0. The van der Waals surface area contributed by atoms with E-state index in [1.165, 1.54) is 6.07 Å². The molecule has 0 saturated carbocycles. The van der Waals surface area contributed by atoms with Crippen LogP contribution in [0.3, 0.4) is 0 Å². The van der Waals surface area contributed by atoms with Crippen LogP contribution < -0.4 is 5.32 Å². The van der Waals surface area contributed by atoms with E-state index >= 15 is 0 Å². The van der Waals surface area contributed by atoms with Gasteiger partial charge in [0.25, 0.3) is 0 Å². The van der Waals surface area contributed by atoms with E-state index in [0.29, 0.717) is 11.0 Å². The van der Waals surface area contributed by atoms with Gasteiger partial charge in [0.1, 0.15) is 17.2 Å². The fourth-order valence-corrected chi connectivity index (χ4v) is 1.58. The van der Waals surface area contributed by atoms with Gasteiger partial charge in [0, 0.05) is 5.69 Å². The Balaban J connectivity index is 2.05. The van der Waals surface area contributed by atoms with Crippen molar-refractivity contribution in [2.75, 3.05) is 5.32 Å². The largest absolute Gasteiger partial charge is 0.379 e. The highest BCUT2D eigenvalue weighted by molar-refractivity contribution is 9.10. The number of benzene rings is 1. The molecule has 1 aromatic carbocycles. The third kappa shape index (κ3) is 2.38. The van der Waals surface area contributed by atoms with Gasteiger partial charge in [0.05, 0.1) is 11.0 Å². The number of aromatic nitrogens is 2. The number of aryl methyl sites for hydroxylation is 1. The molecule has 0 bridgehead atoms. The summed E-state index contributed by atoms with van der Waals surface area (Å²) in [5, 5.41) is 10.5. The Kier molecular flexibility index (Phi) is 3.19. The number of rotatable bonds is 3. The average molecular weight is 286 g/mol. The first-order chi connectivity index (χ1) is 7.66. The Bertz CT molecular complexity index is 501. The number of nitrogens with one attached hydrogen (secondary N) is 1. The predicted molar refractivity (Wildman–Crippen MR) is 60.5 cm³/mol. The highest BCUT2D eigenvalue weighted by Crippen LogP contribution is 2.20. The molecule has 0 saturated heterocycles. The van der Waals surface area contributed by atoms with Gasteiger partial charge in [-0.15, -0.1) is 0 Å². The van der Waals surface area contributed by atoms with Crippen molar-refractivity contribution in [2.45, 2.75) is 13.5 Å². The van der Waals surface area contributed by atoms with Crippen LogP contribution in [0.2, 0.25) is 0 Å². The third-order valence-electron chi connectivity index (χ3n) is 2.13. The van der Waals surface area contributed by atoms with E-state index in [4.69, 9.17) is 0 Å². The predicted octanol–water partition coefficient (Wildman–Crippen LogP) is 2.89. The van der Waals surface area contributed by atoms with E-state index in [1.54, 1.807) is 12.1 Å². The van der Waals surface area contributed by atoms with E-state index in [2.05, 4.69) is 36.2 Å². The lowest BCUT2D eigenvalue weighted by Gasteiger charge is -2.04. The van der Waals surface area contributed by atoms with Crippen LogP contribution in [0.4, 0.5) is 10.1 Å². The molecule has 16 heavy (non-hydrogen) atoms. The fraction of sp³-hybridized carbons (Fsp3) is 0.200. The molecule has 0 atom stereocenters. The van der Waals surface area contributed by atoms with Gasteiger partial charge in [0.2, 0.25) is 0 Å². The maximum absolute atomic E-state index is 13.0. The summed E-state index contributed by atoms with van der Waals surface area (Å²) in [4.78, 5) is 0. The van der Waals surface area contributed by atoms with Crippen LogP contribution in [0.1, 0.15) is 11.4 Å². The van der Waals surface area contributed by atoms with Crippen LogP contribution in [-0.2, 0) is 6.54 Å². The number of anilines is 1. The molecule has 0 aliphatic rings. The zero-order valence-corrected chi connectivity index (χ0v) is 10.1. The molecular weight excluding hydrogens is 277 g/mol. The molecule has 0 unspecified atom stereocenters. The highest BCUT2D eigenvalue weighted by Gasteiger charge is 2.05. The molecule has 0 radical (unpaired) electrons. The van der Waals surface area contributed by atoms with Crippen molar-refractivity contribution < 1.29 is 9.02 Å². The van der Waals surface area contributed by atoms with Crippen molar-refractivity contribution in [1.29, 1.82) is 0 Å². The lowest BCUT2D eigenvalue weighted by Crippen LogP contribution is -2.01. The summed E-state index contributed by atoms with van der Waals surface area (Å²) in [6, 6.07) is 4.71. The molecule has 0 amide bonds. The summed E-state index contributed by atoms with van der Waals surface area (Å²) in [7, 11) is 0. The van der Waals surface area contributed by atoms with Crippen LogP contribution in [0.15, 0.2) is 27.3 Å². The normalized spacial score (nSPS) is 10.4. The molecule has 0 aliphatic carbocycles. The van der Waals surface area contributed by atoms with E-state index in [9.17, 15) is 4.39 Å². The van der Waals surface area contributed by atoms with Gasteiger partial charge >= 0.3 is 0 Å². The lowest BCUT2D eigenvalue weighted by atomic mass is 10.3. The van der Waals surface area contributed by atoms with Gasteiger partial charge in [-0.25, -0.2) is 9.02 Å². The molecule has 1 aromatic heterocycles. The van der Waals surface area contributed by atoms with Crippen molar-refractivity contribution in [2.24, 2.45) is 0 Å². The van der Waals surface area contributed by atoms with Crippen LogP contribution >= 0.6 is 15.9 Å². The minimum Gasteiger partial charge on any atom is -0.379 e. The molecule has 0 spiro atoms. The number of nitrogens with zero attached hydrogens (tertiary/aromatic N) is 2. The maximum Gasteiger partial charge on any atom is 0.137 e. The molecule has 4 nitrogen and oxygen atoms in total. The summed E-state index contributed by atoms with van der Waals surface area (Å²) >= 11 is 3.12. The summed E-state index contributed by atoms with van der Waals surface area (Å²) in [5.41, 5.74) is 2.28. The Morgan fingerprint density at radius 2 is 2.25 bits per heavy atom. The molecule has 2 aromatic rings. The van der Waals surface area contributed by atoms with Gasteiger partial charge in [-0.2, -0.15) is 0 Å². The van der Waals surface area contributed by atoms with Gasteiger partial charge in [-0.1, -0.05) is 10.3 Å². The minimum absolute atomic E-state index is 0.287. The Labute approximate surface area is 99.9 Å². The Hall–Kier alpha value is -1.43. The van der Waals surface area contributed by atoms with Gasteiger partial charge in [-0.3, -0.25) is 0 Å². The SMILES string of the molecule is Cc1nonc1CNc1ccc(F)c(Br)c1. The van der Waals surface area contributed by atoms with E-state index in [-0.39, 0.29) is 5.82 Å². The van der Waals surface area contributed by atoms with Crippen LogP contribution in [0.5, 0.6) is 0 Å². The van der Waals surface area contributed by atoms with Crippen molar-refractivity contribution >= 4 is 21.6 Å². The maximum atomic E-state index is 13.0. The van der Waals surface area contributed by atoms with Crippen molar-refractivity contribution in [3.63, 3.8) is 0 Å². The van der Waals surface area contributed by atoms with Crippen molar-refractivity contribution in [3.05, 3.63) is 39.9 Å². The van der Waals surface area contributed by atoms with Crippen LogP contribution in [-0.4, -0.2) is 10.3 Å². The van der Waals surface area contributed by atoms with Crippen LogP contribution in [0.25, 0.3) is 0 Å². The first-order valence-corrected chi connectivity index (χ1v) is 5.43. The topological polar surface area (TPSA) is 51.0 Å². The standard InChI is InChI=1S/C10H9BrFN3O/c1-6-10(15-16-14-6)5-13-7-2-3-9(12)8(11)4-7/h2-4,13H,5H2,1H3. The highest BCUT2D eigenvalue weighted by atomic mass is 79.9. The number of hydrogen-bond acceptors (Lipinski definition) is 4. The lowest BCUT2D eigenvalue weighted by molar-refractivity contribution is 0.301. The summed E-state index contributed by atoms with van der Waals surface area (Å²) in [6.45, 7) is 2.31. The third-order valence-corrected chi connectivity index (χ3v) is 2.73. The summed E-state index contributed by atoms with van der Waals surface area (Å²) in [6.07, 6.45) is 0. The zero-order valence-electron chi connectivity index (χ0n) is 8.50. The molecule has 2 rings (SSSR count). The molecule has 1 heterocycles. The van der Waals surface area contributed by atoms with Crippen LogP contribution in [0, 0.1) is 12.7 Å². The second-order valence-electron chi connectivity index (χ2n) is 3.28. The van der Waals surface area contributed by atoms with E-state index in [1.807, 2.05) is 6.92 Å². The first kappa shape index (κ1) is 11.1. The molecule has 6 heteroatoms. The van der Waals surface area contributed by atoms with E-state index < -0.39 is 0 Å². The summed E-state index contributed by atoms with van der Waals surface area (Å²) in [5.74, 6) is -0.287. The monoisotopic (exact) mass is 285 g/mol. The first-order valence-electron chi connectivity index (χ1n) is 4.64. The van der Waals surface area contributed by atoms with Gasteiger partial charge in [0.15, 0.2) is 0 Å². The number of halogens is 2. The Morgan fingerprint density at radius 3 is 2.88 bits per heavy atom. The van der Waals surface area contributed by atoms with E-state index in [0.717, 1.165) is 17.1 Å². The number of hydrogen-bond donors (Lipinski definition) is 1. The minimum atomic E-state index is -0.287. The Morgan fingerprint density at radius 1 is 1.44 bits per heavy atom. The molecule has 0 fully saturated rings. The quantitative estimate of drug-likeness (QED) is 0.942. The zero-order chi connectivity index (χ0) is 11.5. The van der Waals surface area contributed by atoms with Crippen molar-refractivity contribution in [1.82, 2.24) is 10.3 Å².